The number of amides is 1. The van der Waals surface area contributed by atoms with E-state index in [9.17, 15) is 9.59 Å². The van der Waals surface area contributed by atoms with Gasteiger partial charge in [-0.2, -0.15) is 5.10 Å². The molecule has 0 bridgehead atoms. The number of halogens is 2. The van der Waals surface area contributed by atoms with E-state index in [1.165, 1.54) is 10.8 Å². The first-order chi connectivity index (χ1) is 14.4. The van der Waals surface area contributed by atoms with Crippen molar-refractivity contribution in [3.8, 4) is 5.69 Å². The van der Waals surface area contributed by atoms with Crippen LogP contribution in [0.2, 0.25) is 10.0 Å². The summed E-state index contributed by atoms with van der Waals surface area (Å²) in [6.07, 6.45) is 1.58. The van der Waals surface area contributed by atoms with E-state index >= 15 is 0 Å². The van der Waals surface area contributed by atoms with Crippen molar-refractivity contribution in [2.45, 2.75) is 19.9 Å². The van der Waals surface area contributed by atoms with Gasteiger partial charge < -0.3 is 5.32 Å². The molecule has 2 heterocycles. The van der Waals surface area contributed by atoms with Crippen LogP contribution in [0, 0.1) is 6.92 Å². The zero-order valence-electron chi connectivity index (χ0n) is 16.0. The molecule has 0 unspecified atom stereocenters. The van der Waals surface area contributed by atoms with Crippen LogP contribution >= 0.6 is 23.2 Å². The molecule has 30 heavy (non-hydrogen) atoms. The molecule has 0 atom stereocenters. The first-order valence-electron chi connectivity index (χ1n) is 9.19. The van der Waals surface area contributed by atoms with Gasteiger partial charge in [-0.15, -0.1) is 0 Å². The maximum atomic E-state index is 13.0. The van der Waals surface area contributed by atoms with Crippen molar-refractivity contribution >= 4 is 45.8 Å². The van der Waals surface area contributed by atoms with E-state index in [-0.39, 0.29) is 24.4 Å². The van der Waals surface area contributed by atoms with E-state index in [1.807, 2.05) is 30.3 Å². The molecular formula is C21H17Cl2N5O2. The first kappa shape index (κ1) is 20.1. The number of benzene rings is 2. The Hall–Kier alpha value is -3.16. The molecule has 0 aliphatic heterocycles. The van der Waals surface area contributed by atoms with E-state index < -0.39 is 0 Å². The lowest BCUT2D eigenvalue weighted by molar-refractivity contribution is -0.116. The Balaban J connectivity index is 1.56. The minimum Gasteiger partial charge on any atom is -0.325 e. The summed E-state index contributed by atoms with van der Waals surface area (Å²) in [6.45, 7) is 1.91. The number of hydrogen-bond donors (Lipinski definition) is 1. The minimum absolute atomic E-state index is 0.0830. The molecule has 0 aliphatic carbocycles. The number of aryl methyl sites for hydroxylation is 1. The van der Waals surface area contributed by atoms with Crippen LogP contribution in [0.4, 0.5) is 5.69 Å². The predicted molar refractivity (Wildman–Crippen MR) is 118 cm³/mol. The van der Waals surface area contributed by atoms with Gasteiger partial charge in [-0.05, 0) is 37.3 Å². The average molecular weight is 442 g/mol. The molecule has 152 valence electrons. The fraction of sp³-hybridized carbons (Fsp3) is 0.143. The van der Waals surface area contributed by atoms with E-state index in [0.717, 1.165) is 5.69 Å². The third-order valence-corrected chi connectivity index (χ3v) is 5.19. The highest BCUT2D eigenvalue weighted by Gasteiger charge is 2.15. The molecule has 4 rings (SSSR count). The third-order valence-electron chi connectivity index (χ3n) is 4.65. The van der Waals surface area contributed by atoms with Crippen molar-refractivity contribution in [3.05, 3.63) is 81.0 Å². The topological polar surface area (TPSA) is 81.8 Å². The van der Waals surface area contributed by atoms with Crippen LogP contribution in [-0.2, 0) is 11.3 Å². The lowest BCUT2D eigenvalue weighted by atomic mass is 10.3. The number of rotatable bonds is 5. The van der Waals surface area contributed by atoms with Crippen LogP contribution in [0.5, 0.6) is 0 Å². The lowest BCUT2D eigenvalue weighted by Crippen LogP contribution is -2.26. The average Bonchev–Trinajstić information content (AvgIpc) is 3.14. The van der Waals surface area contributed by atoms with Gasteiger partial charge in [0.05, 0.1) is 22.6 Å². The number of nitrogens with zero attached hydrogens (tertiary/aromatic N) is 4. The summed E-state index contributed by atoms with van der Waals surface area (Å²) < 4.78 is 3.10. The van der Waals surface area contributed by atoms with Crippen LogP contribution in [0.25, 0.3) is 16.7 Å². The third kappa shape index (κ3) is 3.94. The number of hydrogen-bond acceptors (Lipinski definition) is 4. The fourth-order valence-corrected chi connectivity index (χ4v) is 3.60. The van der Waals surface area contributed by atoms with E-state index in [1.54, 1.807) is 29.8 Å². The van der Waals surface area contributed by atoms with Crippen LogP contribution in [0.3, 0.4) is 0 Å². The number of para-hydroxylation sites is 1. The van der Waals surface area contributed by atoms with Crippen molar-refractivity contribution in [2.75, 3.05) is 5.32 Å². The molecule has 0 spiro atoms. The molecule has 0 fully saturated rings. The molecule has 9 heteroatoms. The smallest absolute Gasteiger partial charge is 0.264 e. The van der Waals surface area contributed by atoms with Crippen LogP contribution in [0.15, 0.2) is 59.5 Å². The van der Waals surface area contributed by atoms with E-state index in [2.05, 4.69) is 15.4 Å². The maximum absolute atomic E-state index is 13.0. The highest BCUT2D eigenvalue weighted by Crippen LogP contribution is 2.25. The Morgan fingerprint density at radius 3 is 2.63 bits per heavy atom. The number of carbonyl (C=O) groups excluding carboxylic acids is 1. The van der Waals surface area contributed by atoms with Gasteiger partial charge in [0.25, 0.3) is 5.56 Å². The number of aromatic nitrogens is 4. The monoisotopic (exact) mass is 441 g/mol. The molecule has 1 N–H and O–H groups in total. The Labute approximate surface area is 181 Å². The number of fused-ring (bicyclic) bond motifs is 1. The van der Waals surface area contributed by atoms with Crippen molar-refractivity contribution < 1.29 is 4.79 Å². The Morgan fingerprint density at radius 1 is 1.13 bits per heavy atom. The van der Waals surface area contributed by atoms with Gasteiger partial charge in [-0.1, -0.05) is 41.4 Å². The summed E-state index contributed by atoms with van der Waals surface area (Å²) in [5.74, 6) is 0.230. The van der Waals surface area contributed by atoms with Gasteiger partial charge in [0.1, 0.15) is 11.2 Å². The second-order valence-electron chi connectivity index (χ2n) is 6.67. The second-order valence-corrected chi connectivity index (χ2v) is 7.51. The maximum Gasteiger partial charge on any atom is 0.264 e. The van der Waals surface area contributed by atoms with E-state index in [0.29, 0.717) is 32.6 Å². The summed E-state index contributed by atoms with van der Waals surface area (Å²) in [4.78, 5) is 29.9. The highest BCUT2D eigenvalue weighted by molar-refractivity contribution is 6.36. The minimum atomic E-state index is -0.273. The molecule has 1 amide bonds. The van der Waals surface area contributed by atoms with Gasteiger partial charge in [0.2, 0.25) is 5.91 Å². The van der Waals surface area contributed by atoms with Crippen LogP contribution in [-0.4, -0.2) is 25.2 Å². The van der Waals surface area contributed by atoms with E-state index in [4.69, 9.17) is 23.2 Å². The summed E-state index contributed by atoms with van der Waals surface area (Å²) in [6, 6.07) is 14.3. The van der Waals surface area contributed by atoms with Gasteiger partial charge in [0.15, 0.2) is 5.65 Å². The molecule has 0 radical (unpaired) electrons. The van der Waals surface area contributed by atoms with Crippen LogP contribution < -0.4 is 10.9 Å². The Kier molecular flexibility index (Phi) is 5.57. The normalized spacial score (nSPS) is 11.0. The summed E-state index contributed by atoms with van der Waals surface area (Å²) in [5, 5.41) is 8.26. The number of anilines is 1. The molecule has 0 saturated heterocycles. The molecule has 4 aromatic rings. The Bertz CT molecular complexity index is 1300. The molecular weight excluding hydrogens is 425 g/mol. The zero-order chi connectivity index (χ0) is 21.3. The van der Waals surface area contributed by atoms with Crippen molar-refractivity contribution in [1.29, 1.82) is 0 Å². The number of carbonyl (C=O) groups is 1. The van der Waals surface area contributed by atoms with Crippen LogP contribution in [0.1, 0.15) is 12.2 Å². The largest absolute Gasteiger partial charge is 0.325 e. The van der Waals surface area contributed by atoms with Gasteiger partial charge in [0, 0.05) is 18.0 Å². The Morgan fingerprint density at radius 2 is 1.90 bits per heavy atom. The highest BCUT2D eigenvalue weighted by atomic mass is 35.5. The summed E-state index contributed by atoms with van der Waals surface area (Å²) in [7, 11) is 0. The van der Waals surface area contributed by atoms with Gasteiger partial charge in [-0.3, -0.25) is 14.2 Å². The molecule has 2 aromatic carbocycles. The lowest BCUT2D eigenvalue weighted by Gasteiger charge is -2.11. The van der Waals surface area contributed by atoms with Crippen molar-refractivity contribution in [1.82, 2.24) is 19.3 Å². The fourth-order valence-electron chi connectivity index (χ4n) is 3.14. The molecule has 2 aromatic heterocycles. The number of nitrogens with one attached hydrogen (secondary N) is 1. The first-order valence-corrected chi connectivity index (χ1v) is 9.95. The molecule has 0 saturated carbocycles. The second kappa shape index (κ2) is 8.30. The summed E-state index contributed by atoms with van der Waals surface area (Å²) in [5.41, 5.74) is 1.53. The van der Waals surface area contributed by atoms with Crippen molar-refractivity contribution in [2.24, 2.45) is 0 Å². The predicted octanol–water partition coefficient (Wildman–Crippen LogP) is 4.23. The standard InChI is InChI=1S/C21H17Cl2N5O2/c1-13-25-20-16(12-24-28(20)15-5-3-2-4-6-15)21(30)27(13)10-9-19(29)26-18-8-7-14(22)11-17(18)23/h2-8,11-12H,9-10H2,1H3,(H,26,29). The zero-order valence-corrected chi connectivity index (χ0v) is 17.5. The summed E-state index contributed by atoms with van der Waals surface area (Å²) >= 11 is 12.0. The quantitative estimate of drug-likeness (QED) is 0.502. The van der Waals surface area contributed by atoms with Gasteiger partial charge in [-0.25, -0.2) is 9.67 Å². The molecule has 0 aliphatic rings. The molecule has 7 nitrogen and oxygen atoms in total. The van der Waals surface area contributed by atoms with Crippen molar-refractivity contribution in [3.63, 3.8) is 0 Å². The SMILES string of the molecule is Cc1nc2c(cnn2-c2ccccc2)c(=O)n1CCC(=O)Nc1ccc(Cl)cc1Cl. The van der Waals surface area contributed by atoms with Gasteiger partial charge >= 0.3 is 0 Å².